The molecule has 0 amide bonds. The van der Waals surface area contributed by atoms with Crippen LogP contribution in [-0.2, 0) is 4.74 Å². The third kappa shape index (κ3) is 1.15. The number of rotatable bonds is 2. The highest BCUT2D eigenvalue weighted by atomic mass is 16.5. The van der Waals surface area contributed by atoms with Gasteiger partial charge in [0.25, 0.3) is 0 Å². The molecule has 46 valence electrons. The lowest BCUT2D eigenvalue weighted by atomic mass is 10.4. The molecule has 0 N–H and O–H groups in total. The van der Waals surface area contributed by atoms with Crippen LogP contribution in [0.5, 0.6) is 0 Å². The van der Waals surface area contributed by atoms with Crippen molar-refractivity contribution in [1.82, 2.24) is 4.90 Å². The maximum absolute atomic E-state index is 4.96. The SMILES string of the molecule is CCCN1C=COC1. The largest absolute Gasteiger partial charge is 0.479 e. The molecule has 0 unspecified atom stereocenters. The fraction of sp³-hybridized carbons (Fsp3) is 0.667. The van der Waals surface area contributed by atoms with E-state index < -0.39 is 0 Å². The molecule has 1 rings (SSSR count). The lowest BCUT2D eigenvalue weighted by molar-refractivity contribution is 0.171. The topological polar surface area (TPSA) is 12.5 Å². The standard InChI is InChI=1S/C6H11NO/c1-2-3-7-4-5-8-6-7/h4-5H,2-3,6H2,1H3. The first-order valence-corrected chi connectivity index (χ1v) is 2.96. The van der Waals surface area contributed by atoms with E-state index in [-0.39, 0.29) is 0 Å². The Kier molecular flexibility index (Phi) is 1.78. The van der Waals surface area contributed by atoms with Crippen molar-refractivity contribution in [2.45, 2.75) is 13.3 Å². The monoisotopic (exact) mass is 113 g/mol. The molecule has 2 nitrogen and oxygen atoms in total. The van der Waals surface area contributed by atoms with E-state index in [4.69, 9.17) is 4.74 Å². The molecule has 0 aliphatic carbocycles. The first-order chi connectivity index (χ1) is 3.93. The van der Waals surface area contributed by atoms with Gasteiger partial charge in [0, 0.05) is 12.7 Å². The lowest BCUT2D eigenvalue weighted by Gasteiger charge is -2.10. The first kappa shape index (κ1) is 5.48. The summed E-state index contributed by atoms with van der Waals surface area (Å²) in [5.41, 5.74) is 0. The fourth-order valence-electron chi connectivity index (χ4n) is 0.737. The van der Waals surface area contributed by atoms with E-state index in [1.165, 1.54) is 6.42 Å². The number of ether oxygens (including phenoxy) is 1. The van der Waals surface area contributed by atoms with Gasteiger partial charge in [-0.2, -0.15) is 0 Å². The second kappa shape index (κ2) is 2.60. The molecule has 0 saturated heterocycles. The molecule has 1 heterocycles. The summed E-state index contributed by atoms with van der Waals surface area (Å²) >= 11 is 0. The molecule has 8 heavy (non-hydrogen) atoms. The fourth-order valence-corrected chi connectivity index (χ4v) is 0.737. The third-order valence-electron chi connectivity index (χ3n) is 1.12. The molecule has 1 aliphatic rings. The van der Waals surface area contributed by atoms with E-state index in [1.54, 1.807) is 6.26 Å². The normalized spacial score (nSPS) is 16.9. The van der Waals surface area contributed by atoms with Crippen molar-refractivity contribution in [2.24, 2.45) is 0 Å². The molecule has 0 aromatic rings. The van der Waals surface area contributed by atoms with Crippen LogP contribution < -0.4 is 0 Å². The highest BCUT2D eigenvalue weighted by molar-refractivity contribution is 4.78. The van der Waals surface area contributed by atoms with Crippen LogP contribution in [0.4, 0.5) is 0 Å². The summed E-state index contributed by atoms with van der Waals surface area (Å²) < 4.78 is 4.96. The summed E-state index contributed by atoms with van der Waals surface area (Å²) in [6, 6.07) is 0. The van der Waals surface area contributed by atoms with Crippen molar-refractivity contribution in [3.63, 3.8) is 0 Å². The van der Waals surface area contributed by atoms with Crippen LogP contribution in [0.3, 0.4) is 0 Å². The van der Waals surface area contributed by atoms with Crippen LogP contribution in [0, 0.1) is 0 Å². The molecular weight excluding hydrogens is 102 g/mol. The average Bonchev–Trinajstić information content (AvgIpc) is 2.19. The Morgan fingerprint density at radius 3 is 3.12 bits per heavy atom. The molecule has 0 saturated carbocycles. The number of nitrogens with zero attached hydrogens (tertiary/aromatic N) is 1. The van der Waals surface area contributed by atoms with Gasteiger partial charge in [-0.05, 0) is 6.42 Å². The van der Waals surface area contributed by atoms with Gasteiger partial charge in [0.15, 0.2) is 6.73 Å². The van der Waals surface area contributed by atoms with Crippen LogP contribution in [0.25, 0.3) is 0 Å². The van der Waals surface area contributed by atoms with Gasteiger partial charge in [0.05, 0.1) is 0 Å². The number of hydrogen-bond acceptors (Lipinski definition) is 2. The van der Waals surface area contributed by atoms with Gasteiger partial charge in [-0.3, -0.25) is 0 Å². The summed E-state index contributed by atoms with van der Waals surface area (Å²) in [7, 11) is 0. The van der Waals surface area contributed by atoms with E-state index in [1.807, 2.05) is 6.20 Å². The lowest BCUT2D eigenvalue weighted by Crippen LogP contribution is -2.15. The predicted octanol–water partition coefficient (Wildman–Crippen LogP) is 1.16. The second-order valence-electron chi connectivity index (χ2n) is 1.89. The Labute approximate surface area is 49.7 Å². The van der Waals surface area contributed by atoms with E-state index >= 15 is 0 Å². The Morgan fingerprint density at radius 1 is 1.75 bits per heavy atom. The first-order valence-electron chi connectivity index (χ1n) is 2.96. The molecule has 0 spiro atoms. The Bertz CT molecular complexity index is 90.5. The molecule has 0 atom stereocenters. The maximum Gasteiger partial charge on any atom is 0.160 e. The van der Waals surface area contributed by atoms with Crippen molar-refractivity contribution in [1.29, 1.82) is 0 Å². The molecule has 0 aromatic heterocycles. The summed E-state index contributed by atoms with van der Waals surface area (Å²) in [6.07, 6.45) is 4.90. The zero-order valence-electron chi connectivity index (χ0n) is 5.13. The minimum atomic E-state index is 0.744. The van der Waals surface area contributed by atoms with E-state index in [0.717, 1.165) is 13.3 Å². The van der Waals surface area contributed by atoms with E-state index in [0.29, 0.717) is 0 Å². The highest BCUT2D eigenvalue weighted by Crippen LogP contribution is 1.99. The van der Waals surface area contributed by atoms with Crippen LogP contribution >= 0.6 is 0 Å². The molecule has 0 fully saturated rings. The maximum atomic E-state index is 4.96. The smallest absolute Gasteiger partial charge is 0.160 e. The van der Waals surface area contributed by atoms with Crippen molar-refractivity contribution in [3.05, 3.63) is 12.5 Å². The van der Waals surface area contributed by atoms with E-state index in [9.17, 15) is 0 Å². The third-order valence-corrected chi connectivity index (χ3v) is 1.12. The molecule has 2 heteroatoms. The second-order valence-corrected chi connectivity index (χ2v) is 1.89. The summed E-state index contributed by atoms with van der Waals surface area (Å²) in [5.74, 6) is 0. The molecule has 0 radical (unpaired) electrons. The van der Waals surface area contributed by atoms with Crippen LogP contribution in [-0.4, -0.2) is 18.2 Å². The van der Waals surface area contributed by atoms with Gasteiger partial charge in [-0.1, -0.05) is 6.92 Å². The zero-order valence-corrected chi connectivity index (χ0v) is 5.13. The van der Waals surface area contributed by atoms with Crippen LogP contribution in [0.1, 0.15) is 13.3 Å². The summed E-state index contributed by atoms with van der Waals surface area (Å²) in [5, 5.41) is 0. The van der Waals surface area contributed by atoms with Crippen molar-refractivity contribution in [3.8, 4) is 0 Å². The molecular formula is C6H11NO. The minimum Gasteiger partial charge on any atom is -0.479 e. The minimum absolute atomic E-state index is 0.744. The number of hydrogen-bond donors (Lipinski definition) is 0. The van der Waals surface area contributed by atoms with Gasteiger partial charge in [-0.25, -0.2) is 0 Å². The average molecular weight is 113 g/mol. The Morgan fingerprint density at radius 2 is 2.62 bits per heavy atom. The zero-order chi connectivity index (χ0) is 5.82. The van der Waals surface area contributed by atoms with Crippen LogP contribution in [0.15, 0.2) is 12.5 Å². The van der Waals surface area contributed by atoms with Crippen molar-refractivity contribution in [2.75, 3.05) is 13.3 Å². The van der Waals surface area contributed by atoms with Crippen molar-refractivity contribution >= 4 is 0 Å². The van der Waals surface area contributed by atoms with Gasteiger partial charge < -0.3 is 9.64 Å². The van der Waals surface area contributed by atoms with Gasteiger partial charge in [-0.15, -0.1) is 0 Å². The van der Waals surface area contributed by atoms with Gasteiger partial charge in [0.2, 0.25) is 0 Å². The van der Waals surface area contributed by atoms with Crippen molar-refractivity contribution < 1.29 is 4.74 Å². The predicted molar refractivity (Wildman–Crippen MR) is 32.1 cm³/mol. The molecule has 1 aliphatic heterocycles. The Hall–Kier alpha value is -0.660. The molecule has 0 aromatic carbocycles. The van der Waals surface area contributed by atoms with Gasteiger partial charge >= 0.3 is 0 Å². The Balaban J connectivity index is 2.16. The quantitative estimate of drug-likeness (QED) is 0.532. The van der Waals surface area contributed by atoms with Crippen LogP contribution in [0.2, 0.25) is 0 Å². The molecule has 0 bridgehead atoms. The highest BCUT2D eigenvalue weighted by Gasteiger charge is 2.00. The summed E-state index contributed by atoms with van der Waals surface area (Å²) in [4.78, 5) is 2.14. The summed E-state index contributed by atoms with van der Waals surface area (Å²) in [6.45, 7) is 4.01. The van der Waals surface area contributed by atoms with E-state index in [2.05, 4.69) is 11.8 Å². The van der Waals surface area contributed by atoms with Gasteiger partial charge in [0.1, 0.15) is 6.26 Å².